The molecule has 1 aromatic rings. The minimum Gasteiger partial charge on any atom is -0.323 e. The van der Waals surface area contributed by atoms with E-state index < -0.39 is 15.9 Å². The molecule has 3 nitrogen and oxygen atoms in total. The fourth-order valence-electron chi connectivity index (χ4n) is 2.14. The summed E-state index contributed by atoms with van der Waals surface area (Å²) >= 11 is 0. The van der Waals surface area contributed by atoms with E-state index in [1.807, 2.05) is 38.1 Å². The van der Waals surface area contributed by atoms with Crippen LogP contribution in [0.3, 0.4) is 0 Å². The maximum Gasteiger partial charge on any atom is 0.155 e. The number of rotatable bonds is 5. The topological polar surface area (TPSA) is 60.2 Å². The van der Waals surface area contributed by atoms with Crippen molar-refractivity contribution in [2.24, 2.45) is 11.7 Å². The molecule has 0 aliphatic heterocycles. The summed E-state index contributed by atoms with van der Waals surface area (Å²) in [6, 6.07) is 7.49. The third-order valence-corrected chi connectivity index (χ3v) is 6.62. The molecule has 2 N–H and O–H groups in total. The number of sulfone groups is 1. The molecule has 0 aliphatic rings. The van der Waals surface area contributed by atoms with Gasteiger partial charge in [0.05, 0.1) is 11.0 Å². The predicted octanol–water partition coefficient (Wildman–Crippen LogP) is 3.44. The Hall–Kier alpha value is -0.870. The average Bonchev–Trinajstić information content (AvgIpc) is 2.36. The highest BCUT2D eigenvalue weighted by Gasteiger charge is 2.26. The van der Waals surface area contributed by atoms with Crippen LogP contribution in [-0.2, 0) is 15.3 Å². The summed E-state index contributed by atoms with van der Waals surface area (Å²) in [5, 5.41) is -0.364. The first kappa shape index (κ1) is 18.2. The van der Waals surface area contributed by atoms with E-state index in [1.165, 1.54) is 5.56 Å². The van der Waals surface area contributed by atoms with Crippen LogP contribution in [0.15, 0.2) is 24.3 Å². The summed E-state index contributed by atoms with van der Waals surface area (Å²) in [7, 11) is -3.17. The monoisotopic (exact) mass is 311 g/mol. The van der Waals surface area contributed by atoms with Crippen LogP contribution in [0.25, 0.3) is 0 Å². The lowest BCUT2D eigenvalue weighted by molar-refractivity contribution is 0.540. The molecule has 0 heterocycles. The molecule has 0 radical (unpaired) electrons. The lowest BCUT2D eigenvalue weighted by atomic mass is 9.86. The first-order chi connectivity index (χ1) is 9.45. The van der Waals surface area contributed by atoms with Gasteiger partial charge in [0.1, 0.15) is 0 Å². The van der Waals surface area contributed by atoms with Crippen molar-refractivity contribution in [3.05, 3.63) is 35.4 Å². The Bertz CT molecular complexity index is 553. The van der Waals surface area contributed by atoms with Gasteiger partial charge in [0, 0.05) is 6.04 Å². The van der Waals surface area contributed by atoms with E-state index in [1.54, 1.807) is 6.92 Å². The van der Waals surface area contributed by atoms with Crippen LogP contribution in [0.1, 0.15) is 58.7 Å². The van der Waals surface area contributed by atoms with Crippen LogP contribution in [0.4, 0.5) is 0 Å². The molecule has 0 aliphatic carbocycles. The highest BCUT2D eigenvalue weighted by molar-refractivity contribution is 7.92. The van der Waals surface area contributed by atoms with Crippen molar-refractivity contribution < 1.29 is 8.42 Å². The van der Waals surface area contributed by atoms with Gasteiger partial charge in [-0.25, -0.2) is 8.42 Å². The Balaban J connectivity index is 2.88. The molecule has 2 atom stereocenters. The third-order valence-electron chi connectivity index (χ3n) is 4.12. The second kappa shape index (κ2) is 6.49. The number of benzene rings is 1. The normalized spacial score (nSPS) is 16.0. The summed E-state index contributed by atoms with van der Waals surface area (Å²) < 4.78 is 24.6. The molecule has 0 aromatic heterocycles. The molecule has 1 rings (SSSR count). The van der Waals surface area contributed by atoms with Crippen LogP contribution in [0.5, 0.6) is 0 Å². The van der Waals surface area contributed by atoms with E-state index in [0.717, 1.165) is 5.56 Å². The minimum atomic E-state index is -3.17. The summed E-state index contributed by atoms with van der Waals surface area (Å²) in [4.78, 5) is 0. The maximum absolute atomic E-state index is 12.3. The van der Waals surface area contributed by atoms with E-state index in [0.29, 0.717) is 0 Å². The quantitative estimate of drug-likeness (QED) is 0.906. The Labute approximate surface area is 129 Å². The van der Waals surface area contributed by atoms with Crippen LogP contribution in [0, 0.1) is 5.92 Å². The second-order valence-corrected chi connectivity index (χ2v) is 9.66. The van der Waals surface area contributed by atoms with Crippen molar-refractivity contribution >= 4 is 9.84 Å². The molecule has 120 valence electrons. The highest BCUT2D eigenvalue weighted by Crippen LogP contribution is 2.24. The van der Waals surface area contributed by atoms with Crippen LogP contribution >= 0.6 is 0 Å². The third kappa shape index (κ3) is 4.82. The van der Waals surface area contributed by atoms with Crippen molar-refractivity contribution in [2.45, 2.75) is 58.2 Å². The molecule has 4 heteroatoms. The minimum absolute atomic E-state index is 0.00120. The molecule has 1 aromatic carbocycles. The molecule has 0 amide bonds. The predicted molar refractivity (Wildman–Crippen MR) is 90.2 cm³/mol. The van der Waals surface area contributed by atoms with Crippen LogP contribution in [-0.4, -0.2) is 19.4 Å². The molecule has 21 heavy (non-hydrogen) atoms. The van der Waals surface area contributed by atoms with Gasteiger partial charge < -0.3 is 5.73 Å². The Morgan fingerprint density at radius 2 is 1.52 bits per heavy atom. The molecule has 0 spiro atoms. The van der Waals surface area contributed by atoms with E-state index in [4.69, 9.17) is 5.73 Å². The maximum atomic E-state index is 12.3. The number of hydrogen-bond donors (Lipinski definition) is 1. The summed E-state index contributed by atoms with van der Waals surface area (Å²) in [5.41, 5.74) is 8.28. The molecule has 2 unspecified atom stereocenters. The fourth-order valence-corrected chi connectivity index (χ4v) is 3.97. The lowest BCUT2D eigenvalue weighted by Crippen LogP contribution is -2.31. The first-order valence-corrected chi connectivity index (χ1v) is 9.24. The van der Waals surface area contributed by atoms with Gasteiger partial charge >= 0.3 is 0 Å². The van der Waals surface area contributed by atoms with E-state index in [9.17, 15) is 8.42 Å². The molecule has 0 bridgehead atoms. The molecule has 0 saturated carbocycles. The van der Waals surface area contributed by atoms with Crippen molar-refractivity contribution in [1.29, 1.82) is 0 Å². The summed E-state index contributed by atoms with van der Waals surface area (Å²) in [6.45, 7) is 12.1. The van der Waals surface area contributed by atoms with Crippen LogP contribution < -0.4 is 5.73 Å². The highest BCUT2D eigenvalue weighted by atomic mass is 32.2. The number of nitrogens with two attached hydrogens (primary N) is 1. The summed E-state index contributed by atoms with van der Waals surface area (Å²) in [6.07, 6.45) is 0. The fraction of sp³-hybridized carbons (Fsp3) is 0.647. The van der Waals surface area contributed by atoms with E-state index in [-0.39, 0.29) is 22.3 Å². The zero-order valence-corrected chi connectivity index (χ0v) is 14.9. The average molecular weight is 311 g/mol. The Morgan fingerprint density at radius 1 is 1.05 bits per heavy atom. The van der Waals surface area contributed by atoms with Gasteiger partial charge in [0.15, 0.2) is 9.84 Å². The summed E-state index contributed by atoms with van der Waals surface area (Å²) in [5.74, 6) is 0.103. The lowest BCUT2D eigenvalue weighted by Gasteiger charge is -2.22. The van der Waals surface area contributed by atoms with Crippen LogP contribution in [0.2, 0.25) is 0 Å². The first-order valence-electron chi connectivity index (χ1n) is 7.52. The van der Waals surface area contributed by atoms with Crippen molar-refractivity contribution in [2.75, 3.05) is 5.75 Å². The van der Waals surface area contributed by atoms with E-state index in [2.05, 4.69) is 20.8 Å². The smallest absolute Gasteiger partial charge is 0.155 e. The molecule has 0 fully saturated rings. The Kier molecular flexibility index (Phi) is 5.62. The Morgan fingerprint density at radius 3 is 1.90 bits per heavy atom. The molecule has 0 saturated heterocycles. The van der Waals surface area contributed by atoms with Gasteiger partial charge in [-0.05, 0) is 29.4 Å². The largest absolute Gasteiger partial charge is 0.323 e. The SMILES string of the molecule is CC(C)C(C)S(=O)(=O)CC(N)c1ccc(C(C)(C)C)cc1. The van der Waals surface area contributed by atoms with Gasteiger partial charge in [-0.1, -0.05) is 58.9 Å². The zero-order chi connectivity index (χ0) is 16.4. The number of hydrogen-bond acceptors (Lipinski definition) is 3. The van der Waals surface area contributed by atoms with Crippen molar-refractivity contribution in [3.63, 3.8) is 0 Å². The standard InChI is InChI=1S/C17H29NO2S/c1-12(2)13(3)21(19,20)11-16(18)14-7-9-15(10-8-14)17(4,5)6/h7-10,12-13,16H,11,18H2,1-6H3. The zero-order valence-electron chi connectivity index (χ0n) is 14.1. The molecular formula is C17H29NO2S. The molecular weight excluding hydrogens is 282 g/mol. The van der Waals surface area contributed by atoms with Crippen molar-refractivity contribution in [3.8, 4) is 0 Å². The van der Waals surface area contributed by atoms with Gasteiger partial charge in [-0.15, -0.1) is 0 Å². The second-order valence-electron chi connectivity index (χ2n) is 7.26. The van der Waals surface area contributed by atoms with Gasteiger partial charge in [0.25, 0.3) is 0 Å². The van der Waals surface area contributed by atoms with Gasteiger partial charge in [-0.3, -0.25) is 0 Å². The van der Waals surface area contributed by atoms with Crippen molar-refractivity contribution in [1.82, 2.24) is 0 Å². The van der Waals surface area contributed by atoms with Gasteiger partial charge in [-0.2, -0.15) is 0 Å². The van der Waals surface area contributed by atoms with E-state index >= 15 is 0 Å². The van der Waals surface area contributed by atoms with Gasteiger partial charge in [0.2, 0.25) is 0 Å².